The monoisotopic (exact) mass is 274 g/mol. The molecule has 0 atom stereocenters. The number of rotatable bonds is 2. The standard InChI is InChI=1S/C10H5F3N2O4/c1-3-4(11)8(17)14(7(3)16)2-15-9(18)5(12)6(13)10(15)19/h2H2,1H3. The van der Waals surface area contributed by atoms with Crippen molar-refractivity contribution < 1.29 is 32.3 Å². The minimum atomic E-state index is -1.91. The van der Waals surface area contributed by atoms with E-state index in [0.717, 1.165) is 6.92 Å². The number of amides is 4. The predicted molar refractivity (Wildman–Crippen MR) is 51.6 cm³/mol. The maximum Gasteiger partial charge on any atom is 0.294 e. The molecule has 19 heavy (non-hydrogen) atoms. The van der Waals surface area contributed by atoms with Gasteiger partial charge in [-0.1, -0.05) is 0 Å². The molecule has 2 aliphatic heterocycles. The number of carbonyl (C=O) groups excluding carboxylic acids is 4. The summed E-state index contributed by atoms with van der Waals surface area (Å²) in [4.78, 5) is 45.3. The molecule has 0 fully saturated rings. The van der Waals surface area contributed by atoms with Crippen LogP contribution in [0.4, 0.5) is 13.2 Å². The van der Waals surface area contributed by atoms with Crippen molar-refractivity contribution in [2.75, 3.05) is 6.67 Å². The third-order valence-corrected chi connectivity index (χ3v) is 2.67. The SMILES string of the molecule is CC1=C(F)C(=O)N(CN2C(=O)C(F)=C(F)C2=O)C1=O. The number of halogens is 3. The lowest BCUT2D eigenvalue weighted by Gasteiger charge is -2.20. The van der Waals surface area contributed by atoms with Crippen molar-refractivity contribution >= 4 is 23.6 Å². The molecule has 0 unspecified atom stereocenters. The molecular formula is C10H5F3N2O4. The molecule has 0 saturated heterocycles. The van der Waals surface area contributed by atoms with Gasteiger partial charge in [0.15, 0.2) is 5.83 Å². The fourth-order valence-electron chi connectivity index (χ4n) is 1.58. The van der Waals surface area contributed by atoms with E-state index >= 15 is 0 Å². The van der Waals surface area contributed by atoms with Crippen LogP contribution >= 0.6 is 0 Å². The molecule has 2 heterocycles. The first kappa shape index (κ1) is 13.0. The first-order valence-electron chi connectivity index (χ1n) is 4.91. The van der Waals surface area contributed by atoms with Crippen molar-refractivity contribution in [3.05, 3.63) is 23.1 Å². The van der Waals surface area contributed by atoms with Gasteiger partial charge in [0, 0.05) is 0 Å². The summed E-state index contributed by atoms with van der Waals surface area (Å²) in [5.41, 5.74) is -0.502. The average Bonchev–Trinajstić information content (AvgIpc) is 2.68. The van der Waals surface area contributed by atoms with E-state index in [1.807, 2.05) is 0 Å². The third kappa shape index (κ3) is 1.65. The lowest BCUT2D eigenvalue weighted by atomic mass is 10.3. The van der Waals surface area contributed by atoms with Gasteiger partial charge in [-0.25, -0.2) is 4.39 Å². The van der Waals surface area contributed by atoms with Gasteiger partial charge in [-0.05, 0) is 6.92 Å². The highest BCUT2D eigenvalue weighted by Crippen LogP contribution is 2.26. The van der Waals surface area contributed by atoms with Gasteiger partial charge in [0.2, 0.25) is 11.7 Å². The van der Waals surface area contributed by atoms with E-state index in [1.54, 1.807) is 0 Å². The van der Waals surface area contributed by atoms with E-state index in [1.165, 1.54) is 0 Å². The van der Waals surface area contributed by atoms with Crippen LogP contribution < -0.4 is 0 Å². The van der Waals surface area contributed by atoms with Gasteiger partial charge >= 0.3 is 0 Å². The summed E-state index contributed by atoms with van der Waals surface area (Å²) in [5.74, 6) is -10.8. The molecule has 0 aliphatic carbocycles. The van der Waals surface area contributed by atoms with Gasteiger partial charge in [0.1, 0.15) is 6.67 Å². The molecule has 0 aromatic heterocycles. The number of hydrogen-bond acceptors (Lipinski definition) is 4. The fraction of sp³-hybridized carbons (Fsp3) is 0.200. The topological polar surface area (TPSA) is 74.8 Å². The number of carbonyl (C=O) groups is 4. The Morgan fingerprint density at radius 3 is 1.47 bits per heavy atom. The van der Waals surface area contributed by atoms with Gasteiger partial charge in [0.25, 0.3) is 23.6 Å². The highest BCUT2D eigenvalue weighted by atomic mass is 19.2. The average molecular weight is 274 g/mol. The normalized spacial score (nSPS) is 20.6. The second kappa shape index (κ2) is 4.04. The van der Waals surface area contributed by atoms with E-state index in [-0.39, 0.29) is 9.80 Å². The van der Waals surface area contributed by atoms with E-state index in [9.17, 15) is 32.3 Å². The van der Waals surface area contributed by atoms with E-state index in [0.29, 0.717) is 0 Å². The van der Waals surface area contributed by atoms with Crippen molar-refractivity contribution in [2.24, 2.45) is 0 Å². The molecule has 100 valence electrons. The third-order valence-electron chi connectivity index (χ3n) is 2.67. The molecule has 9 heteroatoms. The molecule has 0 saturated carbocycles. The molecule has 0 spiro atoms. The number of nitrogens with zero attached hydrogens (tertiary/aromatic N) is 2. The summed E-state index contributed by atoms with van der Waals surface area (Å²) < 4.78 is 38.9. The van der Waals surface area contributed by atoms with Crippen LogP contribution in [0.15, 0.2) is 23.1 Å². The van der Waals surface area contributed by atoms with E-state index < -0.39 is 53.4 Å². The van der Waals surface area contributed by atoms with Crippen LogP contribution in [0.2, 0.25) is 0 Å². The zero-order valence-electron chi connectivity index (χ0n) is 9.37. The zero-order chi connectivity index (χ0) is 14.5. The highest BCUT2D eigenvalue weighted by molar-refractivity contribution is 6.20. The molecule has 0 radical (unpaired) electrons. The predicted octanol–water partition coefficient (Wildman–Crippen LogP) is 0.0756. The fourth-order valence-corrected chi connectivity index (χ4v) is 1.58. The highest BCUT2D eigenvalue weighted by Gasteiger charge is 2.45. The van der Waals surface area contributed by atoms with Crippen LogP contribution in [0.25, 0.3) is 0 Å². The molecule has 2 aliphatic rings. The number of imide groups is 2. The van der Waals surface area contributed by atoms with E-state index in [2.05, 4.69) is 0 Å². The van der Waals surface area contributed by atoms with Crippen LogP contribution in [0.1, 0.15) is 6.92 Å². The first-order chi connectivity index (χ1) is 8.77. The minimum absolute atomic E-state index is 0.00630. The second-order valence-electron chi connectivity index (χ2n) is 3.79. The molecular weight excluding hydrogens is 269 g/mol. The van der Waals surface area contributed by atoms with Crippen LogP contribution in [-0.2, 0) is 19.2 Å². The molecule has 0 bridgehead atoms. The molecule has 2 rings (SSSR count). The summed E-state index contributed by atoms with van der Waals surface area (Å²) >= 11 is 0. The van der Waals surface area contributed by atoms with Crippen molar-refractivity contribution in [1.82, 2.24) is 9.80 Å². The smallest absolute Gasteiger partial charge is 0.269 e. The van der Waals surface area contributed by atoms with Crippen molar-refractivity contribution in [1.29, 1.82) is 0 Å². The largest absolute Gasteiger partial charge is 0.294 e. The van der Waals surface area contributed by atoms with Crippen LogP contribution in [-0.4, -0.2) is 40.1 Å². The van der Waals surface area contributed by atoms with Crippen LogP contribution in [0.5, 0.6) is 0 Å². The molecule has 0 aromatic carbocycles. The quantitative estimate of drug-likeness (QED) is 0.668. The Morgan fingerprint density at radius 2 is 1.11 bits per heavy atom. The Hall–Kier alpha value is -2.45. The second-order valence-corrected chi connectivity index (χ2v) is 3.79. The maximum atomic E-state index is 13.2. The Bertz CT molecular complexity index is 508. The van der Waals surface area contributed by atoms with Gasteiger partial charge in [-0.2, -0.15) is 8.78 Å². The first-order valence-corrected chi connectivity index (χ1v) is 4.91. The van der Waals surface area contributed by atoms with E-state index in [4.69, 9.17) is 0 Å². The van der Waals surface area contributed by atoms with Crippen LogP contribution in [0.3, 0.4) is 0 Å². The van der Waals surface area contributed by atoms with Crippen molar-refractivity contribution in [2.45, 2.75) is 6.92 Å². The molecule has 0 aromatic rings. The minimum Gasteiger partial charge on any atom is -0.269 e. The molecule has 6 nitrogen and oxygen atoms in total. The summed E-state index contributed by atoms with van der Waals surface area (Å²) in [6.45, 7) is -0.0104. The zero-order valence-corrected chi connectivity index (χ0v) is 9.37. The van der Waals surface area contributed by atoms with Gasteiger partial charge < -0.3 is 0 Å². The Kier molecular flexibility index (Phi) is 2.76. The van der Waals surface area contributed by atoms with Crippen LogP contribution in [0, 0.1) is 0 Å². The Labute approximate surface area is 103 Å². The Balaban J connectivity index is 2.22. The maximum absolute atomic E-state index is 13.2. The summed E-state index contributed by atoms with van der Waals surface area (Å²) in [6.07, 6.45) is 0. The lowest BCUT2D eigenvalue weighted by molar-refractivity contribution is -0.147. The van der Waals surface area contributed by atoms with Crippen molar-refractivity contribution in [3.8, 4) is 0 Å². The summed E-state index contributed by atoms with van der Waals surface area (Å²) in [6, 6.07) is 0. The summed E-state index contributed by atoms with van der Waals surface area (Å²) in [5, 5.41) is 0. The lowest BCUT2D eigenvalue weighted by Crippen LogP contribution is -2.45. The summed E-state index contributed by atoms with van der Waals surface area (Å²) in [7, 11) is 0. The van der Waals surface area contributed by atoms with Gasteiger partial charge in [-0.15, -0.1) is 0 Å². The van der Waals surface area contributed by atoms with Crippen molar-refractivity contribution in [3.63, 3.8) is 0 Å². The van der Waals surface area contributed by atoms with Gasteiger partial charge in [-0.3, -0.25) is 29.0 Å². The molecule has 0 N–H and O–H groups in total. The Morgan fingerprint density at radius 1 is 0.737 bits per heavy atom. The number of hydrogen-bond donors (Lipinski definition) is 0. The molecule has 4 amide bonds. The van der Waals surface area contributed by atoms with Gasteiger partial charge in [0.05, 0.1) is 5.57 Å².